The summed E-state index contributed by atoms with van der Waals surface area (Å²) in [5, 5.41) is 13.1. The largest absolute Gasteiger partial charge is 0.490 e. The number of hydrogen-bond donors (Lipinski definition) is 2. The first-order valence-corrected chi connectivity index (χ1v) is 8.98. The van der Waals surface area contributed by atoms with Crippen molar-refractivity contribution in [1.29, 1.82) is 0 Å². The van der Waals surface area contributed by atoms with Crippen LogP contribution in [0.1, 0.15) is 35.7 Å². The first kappa shape index (κ1) is 23.1. The minimum absolute atomic E-state index is 0. The monoisotopic (exact) mass is 395 g/mol. The van der Waals surface area contributed by atoms with Crippen LogP contribution in [-0.2, 0) is 6.42 Å². The maximum Gasteiger partial charge on any atom is 0.166 e. The molecule has 1 unspecified atom stereocenters. The van der Waals surface area contributed by atoms with Crippen LogP contribution in [0, 0.1) is 5.82 Å². The van der Waals surface area contributed by atoms with Gasteiger partial charge in [0.2, 0.25) is 0 Å². The van der Waals surface area contributed by atoms with Crippen molar-refractivity contribution < 1.29 is 19.0 Å². The van der Waals surface area contributed by atoms with Crippen LogP contribution < -0.4 is 10.1 Å². The van der Waals surface area contributed by atoms with Gasteiger partial charge in [-0.2, -0.15) is 0 Å². The number of ether oxygens (including phenoxy) is 1. The predicted octanol–water partition coefficient (Wildman–Crippen LogP) is 3.80. The van der Waals surface area contributed by atoms with Crippen molar-refractivity contribution in [2.24, 2.45) is 0 Å². The van der Waals surface area contributed by atoms with Crippen LogP contribution >= 0.6 is 12.4 Å². The van der Waals surface area contributed by atoms with Gasteiger partial charge in [-0.3, -0.25) is 4.79 Å². The summed E-state index contributed by atoms with van der Waals surface area (Å²) in [6, 6.07) is 13.2. The second-order valence-electron chi connectivity index (χ2n) is 6.21. The van der Waals surface area contributed by atoms with Gasteiger partial charge in [-0.15, -0.1) is 12.4 Å². The van der Waals surface area contributed by atoms with E-state index in [9.17, 15) is 14.3 Å². The van der Waals surface area contributed by atoms with Gasteiger partial charge in [0.1, 0.15) is 24.3 Å². The van der Waals surface area contributed by atoms with E-state index >= 15 is 0 Å². The van der Waals surface area contributed by atoms with Crippen LogP contribution in [0.5, 0.6) is 5.75 Å². The number of rotatable bonds is 11. The Kier molecular flexibility index (Phi) is 10.6. The minimum atomic E-state index is -0.635. The summed E-state index contributed by atoms with van der Waals surface area (Å²) in [7, 11) is 0. The van der Waals surface area contributed by atoms with Gasteiger partial charge in [0.15, 0.2) is 5.78 Å². The van der Waals surface area contributed by atoms with Crippen LogP contribution in [0.4, 0.5) is 4.39 Å². The summed E-state index contributed by atoms with van der Waals surface area (Å²) in [4.78, 5) is 12.5. The molecular formula is C21H27ClFNO3. The first-order chi connectivity index (χ1) is 12.6. The first-order valence-electron chi connectivity index (χ1n) is 8.98. The summed E-state index contributed by atoms with van der Waals surface area (Å²) in [5.74, 6) is 0.153. The van der Waals surface area contributed by atoms with E-state index in [0.29, 0.717) is 30.7 Å². The third kappa shape index (κ3) is 8.08. The summed E-state index contributed by atoms with van der Waals surface area (Å²) in [6.07, 6.45) is 1.21. The average Bonchev–Trinajstić information content (AvgIpc) is 2.66. The van der Waals surface area contributed by atoms with Gasteiger partial charge in [0.25, 0.3) is 0 Å². The molecule has 0 radical (unpaired) electrons. The maximum absolute atomic E-state index is 12.9. The lowest BCUT2D eigenvalue weighted by Gasteiger charge is -2.15. The fraction of sp³-hybridized carbons (Fsp3) is 0.381. The molecule has 6 heteroatoms. The third-order valence-electron chi connectivity index (χ3n) is 3.98. The van der Waals surface area contributed by atoms with E-state index in [1.54, 1.807) is 36.4 Å². The number of hydrogen-bond acceptors (Lipinski definition) is 4. The van der Waals surface area contributed by atoms with E-state index < -0.39 is 6.10 Å². The summed E-state index contributed by atoms with van der Waals surface area (Å²) >= 11 is 0. The minimum Gasteiger partial charge on any atom is -0.490 e. The Morgan fingerprint density at radius 2 is 1.89 bits per heavy atom. The molecule has 2 N–H and O–H groups in total. The van der Waals surface area contributed by atoms with E-state index in [4.69, 9.17) is 4.74 Å². The summed E-state index contributed by atoms with van der Waals surface area (Å²) in [5.41, 5.74) is 1.42. The van der Waals surface area contributed by atoms with Crippen LogP contribution in [0.15, 0.2) is 48.5 Å². The van der Waals surface area contributed by atoms with Gasteiger partial charge in [-0.1, -0.05) is 31.2 Å². The van der Waals surface area contributed by atoms with Gasteiger partial charge in [-0.25, -0.2) is 4.39 Å². The molecular weight excluding hydrogens is 369 g/mol. The number of para-hydroxylation sites is 1. The normalized spacial score (nSPS) is 11.5. The average molecular weight is 396 g/mol. The molecule has 0 fully saturated rings. The SMILES string of the molecule is CCCNCC(O)COc1ccccc1C(=O)CCc1ccc(F)cc1.Cl. The third-order valence-corrected chi connectivity index (χ3v) is 3.98. The number of aliphatic hydroxyl groups is 1. The second-order valence-corrected chi connectivity index (χ2v) is 6.21. The van der Waals surface area contributed by atoms with Crippen molar-refractivity contribution in [3.05, 3.63) is 65.5 Å². The van der Waals surface area contributed by atoms with Gasteiger partial charge in [0.05, 0.1) is 5.56 Å². The highest BCUT2D eigenvalue weighted by Crippen LogP contribution is 2.21. The van der Waals surface area contributed by atoms with Crippen molar-refractivity contribution in [3.63, 3.8) is 0 Å². The highest BCUT2D eigenvalue weighted by Gasteiger charge is 2.14. The highest BCUT2D eigenvalue weighted by molar-refractivity contribution is 5.98. The number of halogens is 2. The lowest BCUT2D eigenvalue weighted by molar-refractivity contribution is 0.0950. The number of carbonyl (C=O) groups excluding carboxylic acids is 1. The van der Waals surface area contributed by atoms with Crippen molar-refractivity contribution in [2.75, 3.05) is 19.7 Å². The quantitative estimate of drug-likeness (QED) is 0.449. The maximum atomic E-state index is 12.9. The molecule has 0 aliphatic heterocycles. The smallest absolute Gasteiger partial charge is 0.166 e. The number of benzene rings is 2. The second kappa shape index (κ2) is 12.4. The van der Waals surface area contributed by atoms with Crippen molar-refractivity contribution in [1.82, 2.24) is 5.32 Å². The summed E-state index contributed by atoms with van der Waals surface area (Å²) in [6.45, 7) is 3.48. The number of ketones is 1. The van der Waals surface area contributed by atoms with Crippen LogP contribution in [0.3, 0.4) is 0 Å². The Bertz CT molecular complexity index is 694. The molecule has 2 aromatic rings. The molecule has 0 aliphatic rings. The zero-order chi connectivity index (χ0) is 18.8. The molecule has 0 heterocycles. The zero-order valence-corrected chi connectivity index (χ0v) is 16.3. The Hall–Kier alpha value is -1.95. The molecule has 1 atom stereocenters. The fourth-order valence-corrected chi connectivity index (χ4v) is 2.56. The molecule has 0 bridgehead atoms. The fourth-order valence-electron chi connectivity index (χ4n) is 2.56. The standard InChI is InChI=1S/C21H26FNO3.ClH/c1-2-13-23-14-18(24)15-26-21-6-4-3-5-19(21)20(25)12-9-16-7-10-17(22)11-8-16;/h3-8,10-11,18,23-24H,2,9,12-15H2,1H3;1H. The lowest BCUT2D eigenvalue weighted by Crippen LogP contribution is -2.32. The van der Waals surface area contributed by atoms with Gasteiger partial charge in [0, 0.05) is 13.0 Å². The summed E-state index contributed by atoms with van der Waals surface area (Å²) < 4.78 is 18.6. The number of Topliss-reactive ketones (excluding diaryl/α,β-unsaturated/α-hetero) is 1. The molecule has 4 nitrogen and oxygen atoms in total. The molecule has 2 aromatic carbocycles. The molecule has 0 amide bonds. The topological polar surface area (TPSA) is 58.6 Å². The Morgan fingerprint density at radius 1 is 1.19 bits per heavy atom. The molecule has 0 aliphatic carbocycles. The number of nitrogens with one attached hydrogen (secondary N) is 1. The molecule has 2 rings (SSSR count). The Morgan fingerprint density at radius 3 is 2.59 bits per heavy atom. The molecule has 27 heavy (non-hydrogen) atoms. The van der Waals surface area contributed by atoms with Crippen LogP contribution in [0.25, 0.3) is 0 Å². The zero-order valence-electron chi connectivity index (χ0n) is 15.5. The Balaban J connectivity index is 0.00000364. The van der Waals surface area contributed by atoms with Gasteiger partial charge in [-0.05, 0) is 49.2 Å². The molecule has 148 valence electrons. The van der Waals surface area contributed by atoms with Crippen molar-refractivity contribution in [3.8, 4) is 5.75 Å². The molecule has 0 spiro atoms. The van der Waals surface area contributed by atoms with E-state index in [0.717, 1.165) is 18.5 Å². The Labute approximate surface area is 166 Å². The van der Waals surface area contributed by atoms with Crippen LogP contribution in [-0.4, -0.2) is 36.7 Å². The highest BCUT2D eigenvalue weighted by atomic mass is 35.5. The molecule has 0 aromatic heterocycles. The lowest BCUT2D eigenvalue weighted by atomic mass is 10.0. The van der Waals surface area contributed by atoms with Crippen LogP contribution in [0.2, 0.25) is 0 Å². The molecule has 0 saturated carbocycles. The van der Waals surface area contributed by atoms with Crippen molar-refractivity contribution in [2.45, 2.75) is 32.3 Å². The number of carbonyl (C=O) groups is 1. The number of aliphatic hydroxyl groups excluding tert-OH is 1. The van der Waals surface area contributed by atoms with E-state index in [1.165, 1.54) is 12.1 Å². The molecule has 0 saturated heterocycles. The van der Waals surface area contributed by atoms with Crippen molar-refractivity contribution >= 4 is 18.2 Å². The predicted molar refractivity (Wildman–Crippen MR) is 107 cm³/mol. The van der Waals surface area contributed by atoms with Gasteiger partial charge < -0.3 is 15.2 Å². The van der Waals surface area contributed by atoms with E-state index in [-0.39, 0.29) is 30.6 Å². The van der Waals surface area contributed by atoms with E-state index in [2.05, 4.69) is 12.2 Å². The number of aryl methyl sites for hydroxylation is 1. The van der Waals surface area contributed by atoms with E-state index in [1.807, 2.05) is 0 Å². The van der Waals surface area contributed by atoms with Gasteiger partial charge >= 0.3 is 0 Å².